The highest BCUT2D eigenvalue weighted by Gasteiger charge is 2.20. The highest BCUT2D eigenvalue weighted by molar-refractivity contribution is 5.45. The van der Waals surface area contributed by atoms with E-state index in [1.54, 1.807) is 0 Å². The van der Waals surface area contributed by atoms with Crippen LogP contribution in [0.3, 0.4) is 0 Å². The van der Waals surface area contributed by atoms with Gasteiger partial charge in [-0.25, -0.2) is 0 Å². The Hall–Kier alpha value is -1.33. The van der Waals surface area contributed by atoms with Crippen LogP contribution in [0.5, 0.6) is 0 Å². The number of pyridine rings is 1. The maximum Gasteiger partial charge on any atom is 0.253 e. The Morgan fingerprint density at radius 1 is 1.00 bits per heavy atom. The first-order chi connectivity index (χ1) is 9.09. The van der Waals surface area contributed by atoms with Crippen LogP contribution < -0.4 is 5.32 Å². The van der Waals surface area contributed by atoms with Crippen molar-refractivity contribution >= 4 is 5.69 Å². The highest BCUT2D eigenvalue weighted by Crippen LogP contribution is 2.28. The Morgan fingerprint density at radius 2 is 1.58 bits per heavy atom. The molecule has 1 aromatic rings. The van der Waals surface area contributed by atoms with Gasteiger partial charge in [0.1, 0.15) is 5.69 Å². The lowest BCUT2D eigenvalue weighted by Gasteiger charge is -2.11. The third kappa shape index (κ3) is 3.36. The fourth-order valence-corrected chi connectivity index (χ4v) is 2.55. The number of nitrogens with zero attached hydrogens (tertiary/aromatic N) is 1. The molecule has 0 bridgehead atoms. The molecule has 0 unspecified atom stereocenters. The van der Waals surface area contributed by atoms with E-state index in [0.717, 1.165) is 12.8 Å². The summed E-state index contributed by atoms with van der Waals surface area (Å²) in [5.74, 6) is -5.53. The smallest absolute Gasteiger partial charge is 0.253 e. The van der Waals surface area contributed by atoms with E-state index in [9.17, 15) is 17.6 Å². The average Bonchev–Trinajstić information content (AvgIpc) is 2.89. The van der Waals surface area contributed by atoms with Gasteiger partial charge in [-0.2, -0.15) is 22.5 Å². The molecule has 2 nitrogen and oxygen atoms in total. The third-order valence-electron chi connectivity index (χ3n) is 3.56. The summed E-state index contributed by atoms with van der Waals surface area (Å²) in [4.78, 5) is 2.50. The summed E-state index contributed by atoms with van der Waals surface area (Å²) in [6, 6.07) is 0. The molecule has 6 heteroatoms. The first-order valence-electron chi connectivity index (χ1n) is 6.53. The van der Waals surface area contributed by atoms with E-state index in [4.69, 9.17) is 0 Å². The molecule has 0 aliphatic heterocycles. The number of halogens is 4. The molecule has 0 saturated heterocycles. The molecule has 1 aliphatic carbocycles. The summed E-state index contributed by atoms with van der Waals surface area (Å²) in [5, 5.41) is 2.42. The molecule has 1 saturated carbocycles. The van der Waals surface area contributed by atoms with Crippen LogP contribution in [0.1, 0.15) is 38.5 Å². The second-order valence-electron chi connectivity index (χ2n) is 4.92. The summed E-state index contributed by atoms with van der Waals surface area (Å²) in [6.45, 7) is 0.285. The zero-order valence-corrected chi connectivity index (χ0v) is 10.5. The van der Waals surface area contributed by atoms with Gasteiger partial charge >= 0.3 is 0 Å². The molecule has 0 radical (unpaired) electrons. The normalized spacial score (nSPS) is 16.0. The Kier molecular flexibility index (Phi) is 4.61. The molecular formula is C13H16F4N2. The molecule has 0 aromatic carbocycles. The maximum atomic E-state index is 13.3. The van der Waals surface area contributed by atoms with E-state index >= 15 is 0 Å². The van der Waals surface area contributed by atoms with Crippen molar-refractivity contribution in [2.24, 2.45) is 5.92 Å². The topological polar surface area (TPSA) is 24.9 Å². The molecule has 0 atom stereocenters. The average molecular weight is 276 g/mol. The van der Waals surface area contributed by atoms with Crippen LogP contribution in [0.4, 0.5) is 23.2 Å². The number of anilines is 1. The fraction of sp³-hybridized carbons (Fsp3) is 0.615. The van der Waals surface area contributed by atoms with Gasteiger partial charge in [-0.05, 0) is 18.8 Å². The molecule has 1 heterocycles. The van der Waals surface area contributed by atoms with Gasteiger partial charge in [-0.3, -0.25) is 0 Å². The fourth-order valence-electron chi connectivity index (χ4n) is 2.55. The highest BCUT2D eigenvalue weighted by atomic mass is 19.2. The first kappa shape index (κ1) is 14.1. The Labute approximate surface area is 109 Å². The van der Waals surface area contributed by atoms with Crippen LogP contribution >= 0.6 is 0 Å². The maximum absolute atomic E-state index is 13.3. The van der Waals surface area contributed by atoms with Crippen LogP contribution in [0, 0.1) is 29.4 Å². The van der Waals surface area contributed by atoms with Gasteiger partial charge in [0.2, 0.25) is 11.6 Å². The van der Waals surface area contributed by atoms with E-state index in [1.807, 2.05) is 0 Å². The SMILES string of the molecule is Fc1nc(F)c(F)c(NCCCC2CCCC2)c1F. The zero-order chi connectivity index (χ0) is 13.8. The Balaban J connectivity index is 1.88. The Morgan fingerprint density at radius 3 is 2.16 bits per heavy atom. The van der Waals surface area contributed by atoms with Crippen LogP contribution in [0.15, 0.2) is 0 Å². The Bertz CT molecular complexity index is 419. The van der Waals surface area contributed by atoms with Gasteiger partial charge in [-0.1, -0.05) is 25.7 Å². The molecule has 106 valence electrons. The lowest BCUT2D eigenvalue weighted by atomic mass is 10.0. The second-order valence-corrected chi connectivity index (χ2v) is 4.92. The molecule has 1 N–H and O–H groups in total. The van der Waals surface area contributed by atoms with Gasteiger partial charge in [-0.15, -0.1) is 0 Å². The number of nitrogens with one attached hydrogen (secondary N) is 1. The predicted octanol–water partition coefficient (Wildman–Crippen LogP) is 4.02. The van der Waals surface area contributed by atoms with E-state index in [-0.39, 0.29) is 6.54 Å². The van der Waals surface area contributed by atoms with Gasteiger partial charge in [0.15, 0.2) is 0 Å². The minimum Gasteiger partial charge on any atom is -0.380 e. The lowest BCUT2D eigenvalue weighted by Crippen LogP contribution is -2.11. The number of hydrogen-bond acceptors (Lipinski definition) is 2. The van der Waals surface area contributed by atoms with Gasteiger partial charge in [0, 0.05) is 6.54 Å². The van der Waals surface area contributed by atoms with Crippen LogP contribution in [-0.4, -0.2) is 11.5 Å². The van der Waals surface area contributed by atoms with Gasteiger partial charge < -0.3 is 5.32 Å². The number of aromatic nitrogens is 1. The summed E-state index contributed by atoms with van der Waals surface area (Å²) in [5.41, 5.74) is -0.767. The lowest BCUT2D eigenvalue weighted by molar-refractivity contribution is 0.410. The standard InChI is InChI=1S/C13H16F4N2/c14-9-11(10(15)13(17)19-12(9)16)18-7-3-6-8-4-1-2-5-8/h8H,1-7H2,(H,18,19). The van der Waals surface area contributed by atoms with Gasteiger partial charge in [0.25, 0.3) is 11.9 Å². The van der Waals surface area contributed by atoms with Crippen molar-refractivity contribution in [3.05, 3.63) is 23.5 Å². The summed E-state index contributed by atoms with van der Waals surface area (Å²) in [6.07, 6.45) is 6.55. The number of rotatable bonds is 5. The number of hydrogen-bond donors (Lipinski definition) is 1. The molecule has 19 heavy (non-hydrogen) atoms. The molecule has 1 aliphatic rings. The van der Waals surface area contributed by atoms with Crippen molar-refractivity contribution in [1.82, 2.24) is 4.98 Å². The molecular weight excluding hydrogens is 260 g/mol. The largest absolute Gasteiger partial charge is 0.380 e. The predicted molar refractivity (Wildman–Crippen MR) is 63.8 cm³/mol. The minimum atomic E-state index is -1.63. The van der Waals surface area contributed by atoms with E-state index in [1.165, 1.54) is 25.7 Å². The van der Waals surface area contributed by atoms with Crippen molar-refractivity contribution in [3.63, 3.8) is 0 Å². The first-order valence-corrected chi connectivity index (χ1v) is 6.53. The molecule has 0 spiro atoms. The molecule has 0 amide bonds. The van der Waals surface area contributed by atoms with Gasteiger partial charge in [0.05, 0.1) is 0 Å². The summed E-state index contributed by atoms with van der Waals surface area (Å²) >= 11 is 0. The zero-order valence-electron chi connectivity index (χ0n) is 10.5. The van der Waals surface area contributed by atoms with Crippen molar-refractivity contribution < 1.29 is 17.6 Å². The van der Waals surface area contributed by atoms with Crippen LogP contribution in [-0.2, 0) is 0 Å². The third-order valence-corrected chi connectivity index (χ3v) is 3.56. The second kappa shape index (κ2) is 6.21. The molecule has 2 rings (SSSR count). The minimum absolute atomic E-state index is 0.285. The van der Waals surface area contributed by atoms with E-state index in [0.29, 0.717) is 5.92 Å². The van der Waals surface area contributed by atoms with Crippen molar-refractivity contribution in [2.45, 2.75) is 38.5 Å². The van der Waals surface area contributed by atoms with Crippen LogP contribution in [0.25, 0.3) is 0 Å². The quantitative estimate of drug-likeness (QED) is 0.499. The molecule has 1 fully saturated rings. The molecule has 1 aromatic heterocycles. The monoisotopic (exact) mass is 276 g/mol. The van der Waals surface area contributed by atoms with Crippen molar-refractivity contribution in [2.75, 3.05) is 11.9 Å². The summed E-state index contributed by atoms with van der Waals surface area (Å²) in [7, 11) is 0. The van der Waals surface area contributed by atoms with Crippen molar-refractivity contribution in [1.29, 1.82) is 0 Å². The van der Waals surface area contributed by atoms with Crippen LogP contribution in [0.2, 0.25) is 0 Å². The van der Waals surface area contributed by atoms with E-state index in [2.05, 4.69) is 10.3 Å². The van der Waals surface area contributed by atoms with E-state index < -0.39 is 29.2 Å². The van der Waals surface area contributed by atoms with Crippen molar-refractivity contribution in [3.8, 4) is 0 Å². The summed E-state index contributed by atoms with van der Waals surface area (Å²) < 4.78 is 52.2.